The molecule has 0 aromatic carbocycles. The predicted molar refractivity (Wildman–Crippen MR) is 340 cm³/mol. The fourth-order valence-corrected chi connectivity index (χ4v) is 9.64. The van der Waals surface area contributed by atoms with E-state index in [2.05, 4.69) is 46.2 Å². The molecule has 486 valence electrons. The first-order valence-electron chi connectivity index (χ1n) is 32.7. The largest absolute Gasteiger partial charge is 0.379 e. The molecule has 0 radical (unpaired) electrons. The maximum absolute atomic E-state index is 11.7. The maximum Gasteiger partial charge on any atom is 0.225 e. The molecule has 1 atom stereocenters. The molecule has 6 fully saturated rings. The molecule has 6 aliphatic rings. The Hall–Kier alpha value is -3.03. The molecule has 0 saturated carbocycles. The number of hydroxylamine groups is 2. The number of hydrogen-bond acceptors (Lipinski definition) is 15. The number of rotatable bonds is 25. The van der Waals surface area contributed by atoms with Gasteiger partial charge >= 0.3 is 0 Å². The van der Waals surface area contributed by atoms with Gasteiger partial charge in [0.15, 0.2) is 0 Å². The zero-order valence-corrected chi connectivity index (χ0v) is 56.6. The number of carbonyl (C=O) groups is 7. The first kappa shape index (κ1) is 80.0. The lowest BCUT2D eigenvalue weighted by Crippen LogP contribution is -2.45. The highest BCUT2D eigenvalue weighted by atomic mass is 16.7. The highest BCUT2D eigenvalue weighted by Crippen LogP contribution is 2.18. The third-order valence-electron chi connectivity index (χ3n) is 16.4. The zero-order valence-electron chi connectivity index (χ0n) is 56.6. The van der Waals surface area contributed by atoms with E-state index in [0.29, 0.717) is 65.7 Å². The number of ether oxygens (including phenoxy) is 1. The Morgan fingerprint density at radius 3 is 1.33 bits per heavy atom. The van der Waals surface area contributed by atoms with Crippen LogP contribution in [0.15, 0.2) is 0 Å². The molecule has 6 rings (SSSR count). The summed E-state index contributed by atoms with van der Waals surface area (Å²) in [5, 5.41) is 8.21. The number of hydrogen-bond donors (Lipinski definition) is 2. The molecular weight excluding hydrogens is 1050 g/mol. The van der Waals surface area contributed by atoms with Crippen LogP contribution in [0.25, 0.3) is 0 Å². The number of nitrogens with one attached hydrogen (secondary N) is 2. The SMILES string of the molecule is CC(C)C(=O)CC1CCNC1.CC(C)C(=O)CC1CNC1.CC(C)C(=O)CCCN1CCCC1.CC(C)C(=O)CCCN1CCCC1=O.CC(C)C(=O)CCCN1CCOCC1.CC(C)C(=O)N(C)C1CCN(C)CC1.CON(C)C(C)C. The van der Waals surface area contributed by atoms with Gasteiger partial charge in [-0.1, -0.05) is 83.1 Å². The quantitative estimate of drug-likeness (QED) is 0.0826. The molecule has 2 N–H and O–H groups in total. The average Bonchev–Trinajstić information content (AvgIpc) is 4.27. The van der Waals surface area contributed by atoms with Gasteiger partial charge in [-0.25, -0.2) is 0 Å². The number of likely N-dealkylation sites (tertiary alicyclic amines) is 3. The maximum atomic E-state index is 11.7. The van der Waals surface area contributed by atoms with Crippen molar-refractivity contribution < 1.29 is 43.1 Å². The van der Waals surface area contributed by atoms with E-state index in [1.165, 1.54) is 32.4 Å². The van der Waals surface area contributed by atoms with Crippen molar-refractivity contribution in [3.05, 3.63) is 0 Å². The minimum Gasteiger partial charge on any atom is -0.379 e. The van der Waals surface area contributed by atoms with Gasteiger partial charge in [0.05, 0.1) is 20.3 Å². The molecule has 0 aromatic rings. The Kier molecular flexibility index (Phi) is 45.4. The van der Waals surface area contributed by atoms with Crippen LogP contribution < -0.4 is 10.6 Å². The fraction of sp³-hybridized carbons (Fsp3) is 0.894. The van der Waals surface area contributed by atoms with Crippen molar-refractivity contribution in [2.45, 2.75) is 205 Å². The van der Waals surface area contributed by atoms with Crippen molar-refractivity contribution in [3.8, 4) is 0 Å². The lowest BCUT2D eigenvalue weighted by atomic mass is 9.92. The third kappa shape index (κ3) is 39.4. The van der Waals surface area contributed by atoms with E-state index in [1.54, 1.807) is 12.2 Å². The molecule has 6 aliphatic heterocycles. The van der Waals surface area contributed by atoms with Crippen LogP contribution in [0.5, 0.6) is 0 Å². The van der Waals surface area contributed by atoms with Gasteiger partial charge in [0.1, 0.15) is 28.9 Å². The summed E-state index contributed by atoms with van der Waals surface area (Å²) < 4.78 is 5.26. The summed E-state index contributed by atoms with van der Waals surface area (Å²) in [7, 11) is 7.66. The van der Waals surface area contributed by atoms with E-state index in [4.69, 9.17) is 9.57 Å². The molecule has 83 heavy (non-hydrogen) atoms. The minimum atomic E-state index is 0.125. The van der Waals surface area contributed by atoms with Crippen molar-refractivity contribution >= 4 is 40.7 Å². The van der Waals surface area contributed by atoms with E-state index in [0.717, 1.165) is 156 Å². The number of nitrogens with zero attached hydrogens (tertiary/aromatic N) is 6. The van der Waals surface area contributed by atoms with Crippen LogP contribution in [0, 0.1) is 47.3 Å². The van der Waals surface area contributed by atoms with Gasteiger partial charge in [0, 0.05) is 126 Å². The number of Topliss-reactive ketones (excluding diaryl/α,β-unsaturated/α-hetero) is 5. The molecular formula is C66H128N8O9. The van der Waals surface area contributed by atoms with Crippen LogP contribution in [-0.4, -0.2) is 215 Å². The summed E-state index contributed by atoms with van der Waals surface area (Å²) in [6.07, 6.45) is 14.3. The van der Waals surface area contributed by atoms with Crippen molar-refractivity contribution in [2.24, 2.45) is 47.3 Å². The first-order chi connectivity index (χ1) is 39.1. The summed E-state index contributed by atoms with van der Waals surface area (Å²) >= 11 is 0. The van der Waals surface area contributed by atoms with Gasteiger partial charge in [0.25, 0.3) is 0 Å². The van der Waals surface area contributed by atoms with Crippen molar-refractivity contribution in [2.75, 3.05) is 133 Å². The van der Waals surface area contributed by atoms with Crippen LogP contribution in [0.2, 0.25) is 0 Å². The molecule has 0 bridgehead atoms. The van der Waals surface area contributed by atoms with Gasteiger partial charge < -0.3 is 39.8 Å². The smallest absolute Gasteiger partial charge is 0.225 e. The highest BCUT2D eigenvalue weighted by Gasteiger charge is 2.26. The number of amides is 2. The molecule has 0 spiro atoms. The normalized spacial score (nSPS) is 18.7. The second kappa shape index (κ2) is 47.1. The molecule has 17 heteroatoms. The summed E-state index contributed by atoms with van der Waals surface area (Å²) in [6, 6.07) is 0.936. The summed E-state index contributed by atoms with van der Waals surface area (Å²) in [5.41, 5.74) is 0. The Morgan fingerprint density at radius 2 is 0.976 bits per heavy atom. The van der Waals surface area contributed by atoms with E-state index in [9.17, 15) is 33.6 Å². The molecule has 0 aromatic heterocycles. The van der Waals surface area contributed by atoms with Gasteiger partial charge in [-0.3, -0.25) is 38.5 Å². The Balaban J connectivity index is 0.000000954. The van der Waals surface area contributed by atoms with Crippen molar-refractivity contribution in [3.63, 3.8) is 0 Å². The molecule has 17 nitrogen and oxygen atoms in total. The van der Waals surface area contributed by atoms with E-state index >= 15 is 0 Å². The summed E-state index contributed by atoms with van der Waals surface area (Å²) in [6.45, 7) is 44.2. The Morgan fingerprint density at radius 1 is 0.542 bits per heavy atom. The Labute approximate surface area is 507 Å². The van der Waals surface area contributed by atoms with Gasteiger partial charge in [0.2, 0.25) is 11.8 Å². The molecule has 6 heterocycles. The van der Waals surface area contributed by atoms with Crippen LogP contribution in [-0.2, 0) is 43.1 Å². The molecule has 0 aliphatic carbocycles. The van der Waals surface area contributed by atoms with E-state index in [1.807, 2.05) is 107 Å². The zero-order chi connectivity index (χ0) is 63.0. The van der Waals surface area contributed by atoms with Gasteiger partial charge in [-0.2, -0.15) is 5.06 Å². The number of morpholine rings is 1. The number of carbonyl (C=O) groups excluding carboxylic acids is 7. The first-order valence-corrected chi connectivity index (χ1v) is 32.7. The van der Waals surface area contributed by atoms with Crippen LogP contribution in [0.1, 0.15) is 193 Å². The topological polar surface area (TPSA) is 181 Å². The monoisotopic (exact) mass is 1180 g/mol. The summed E-state index contributed by atoms with van der Waals surface area (Å²) in [5.74, 6) is 4.82. The second-order valence-electron chi connectivity index (χ2n) is 26.2. The summed E-state index contributed by atoms with van der Waals surface area (Å²) in [4.78, 5) is 95.1. The van der Waals surface area contributed by atoms with E-state index in [-0.39, 0.29) is 47.3 Å². The molecule has 1 unspecified atom stereocenters. The third-order valence-corrected chi connectivity index (χ3v) is 16.4. The van der Waals surface area contributed by atoms with Gasteiger partial charge in [-0.15, -0.1) is 0 Å². The fourth-order valence-electron chi connectivity index (χ4n) is 9.64. The highest BCUT2D eigenvalue weighted by molar-refractivity contribution is 5.82. The van der Waals surface area contributed by atoms with Gasteiger partial charge in [-0.05, 0) is 156 Å². The minimum absolute atomic E-state index is 0.125. The van der Waals surface area contributed by atoms with Crippen molar-refractivity contribution in [1.29, 1.82) is 0 Å². The lowest BCUT2D eigenvalue weighted by Gasteiger charge is -2.35. The Bertz CT molecular complexity index is 1750. The number of piperidine rings is 1. The average molecular weight is 1180 g/mol. The second-order valence-corrected chi connectivity index (χ2v) is 26.2. The van der Waals surface area contributed by atoms with Crippen molar-refractivity contribution in [1.82, 2.24) is 40.2 Å². The van der Waals surface area contributed by atoms with E-state index < -0.39 is 0 Å². The number of ketones is 5. The van der Waals surface area contributed by atoms with Crippen LogP contribution >= 0.6 is 0 Å². The van der Waals surface area contributed by atoms with Crippen LogP contribution in [0.3, 0.4) is 0 Å². The standard InChI is InChI=1S/C11H22N2O.C11H19NO2.C11H21NO2.C11H21NO.C9H17NO.C8H15NO.C5H13NO/c1-9(2)11(14)13(4)10-5-7-12(3)8-6-10;1-9(2)10(13)5-3-7-12-8-4-6-11(12)14;1-10(2)11(13)4-3-5-12-6-8-14-9-7-12;1-10(2)11(13)6-5-9-12-7-3-4-8-12;1-7(2)9(11)5-8-3-4-10-6-8;1-6(2)8(10)3-7-4-9-5-7;1-5(2)6(3)7-4/h9-10H,5-8H2,1-4H3;9H,3-8H2,1-2H3;10H,3-9H2,1-2H3;10H,3-9H2,1-2H3;7-8,10H,3-6H2,1-2H3;6-7,9H,3-5H2,1-2H3;5H,1-4H3. The van der Waals surface area contributed by atoms with Crippen LogP contribution in [0.4, 0.5) is 0 Å². The predicted octanol–water partition coefficient (Wildman–Crippen LogP) is 9.14. The molecule has 2 amide bonds. The lowest BCUT2D eigenvalue weighted by molar-refractivity contribution is -0.136. The molecule has 6 saturated heterocycles.